The number of imidazole rings is 1. The van der Waals surface area contributed by atoms with Gasteiger partial charge in [0.2, 0.25) is 0 Å². The third-order valence-electron chi connectivity index (χ3n) is 4.99. The Bertz CT molecular complexity index is 1120. The van der Waals surface area contributed by atoms with E-state index in [4.69, 9.17) is 4.98 Å². The molecule has 3 heterocycles. The van der Waals surface area contributed by atoms with Crippen molar-refractivity contribution in [3.05, 3.63) is 56.6 Å². The second-order valence-electron chi connectivity index (χ2n) is 6.88. The van der Waals surface area contributed by atoms with Crippen LogP contribution in [-0.2, 0) is 12.8 Å². The van der Waals surface area contributed by atoms with Crippen molar-refractivity contribution in [2.24, 2.45) is 0 Å². The van der Waals surface area contributed by atoms with Crippen molar-refractivity contribution in [1.82, 2.24) is 9.97 Å². The van der Waals surface area contributed by atoms with Gasteiger partial charge >= 0.3 is 0 Å². The lowest BCUT2D eigenvalue weighted by molar-refractivity contribution is 0.103. The molecule has 0 fully saturated rings. The molecule has 1 aliphatic rings. The van der Waals surface area contributed by atoms with Gasteiger partial charge in [-0.3, -0.25) is 4.79 Å². The SMILES string of the molecule is Cc1ccc(C(=O)Nc2sc3c(c2-c2nc4ccccc4[nH]2)CCCC3)s1. The minimum absolute atomic E-state index is 0.0379. The van der Waals surface area contributed by atoms with Crippen molar-refractivity contribution >= 4 is 44.6 Å². The van der Waals surface area contributed by atoms with Crippen LogP contribution in [0.1, 0.15) is 37.8 Å². The van der Waals surface area contributed by atoms with E-state index in [0.29, 0.717) is 0 Å². The fraction of sp³-hybridized carbons (Fsp3) is 0.238. The first kappa shape index (κ1) is 16.7. The highest BCUT2D eigenvalue weighted by Gasteiger charge is 2.25. The summed E-state index contributed by atoms with van der Waals surface area (Å²) in [7, 11) is 0. The zero-order valence-corrected chi connectivity index (χ0v) is 16.6. The number of nitrogens with one attached hydrogen (secondary N) is 2. The molecule has 0 saturated carbocycles. The van der Waals surface area contributed by atoms with Crippen LogP contribution in [0, 0.1) is 6.92 Å². The summed E-state index contributed by atoms with van der Waals surface area (Å²) in [4.78, 5) is 24.3. The Labute approximate surface area is 165 Å². The standard InChI is InChI=1S/C21H19N3OS2/c1-12-10-11-17(26-12)20(25)24-21-18(13-6-2-5-9-16(13)27-21)19-22-14-7-3-4-8-15(14)23-19/h3-4,7-8,10-11H,2,5-6,9H2,1H3,(H,22,23)(H,24,25). The smallest absolute Gasteiger partial charge is 0.266 e. The molecule has 0 saturated heterocycles. The molecule has 0 unspecified atom stereocenters. The molecular formula is C21H19N3OS2. The number of H-pyrrole nitrogens is 1. The van der Waals surface area contributed by atoms with Crippen LogP contribution in [0.25, 0.3) is 22.4 Å². The van der Waals surface area contributed by atoms with Crippen LogP contribution in [-0.4, -0.2) is 15.9 Å². The van der Waals surface area contributed by atoms with E-state index in [9.17, 15) is 4.79 Å². The average Bonchev–Trinajstić information content (AvgIpc) is 3.36. The molecule has 3 aromatic heterocycles. The molecular weight excluding hydrogens is 374 g/mol. The summed E-state index contributed by atoms with van der Waals surface area (Å²) in [6, 6.07) is 11.9. The number of aromatic amines is 1. The van der Waals surface area contributed by atoms with Gasteiger partial charge in [0, 0.05) is 9.75 Å². The lowest BCUT2D eigenvalue weighted by Crippen LogP contribution is -2.10. The van der Waals surface area contributed by atoms with Gasteiger partial charge in [-0.1, -0.05) is 12.1 Å². The molecule has 2 N–H and O–H groups in total. The van der Waals surface area contributed by atoms with Crippen molar-refractivity contribution in [3.63, 3.8) is 0 Å². The number of aryl methyl sites for hydroxylation is 2. The second kappa shape index (κ2) is 6.62. The van der Waals surface area contributed by atoms with E-state index in [1.807, 2.05) is 43.3 Å². The molecule has 27 heavy (non-hydrogen) atoms. The maximum Gasteiger partial charge on any atom is 0.266 e. The Morgan fingerprint density at radius 3 is 2.78 bits per heavy atom. The van der Waals surface area contributed by atoms with Crippen molar-refractivity contribution in [2.45, 2.75) is 32.6 Å². The zero-order valence-electron chi connectivity index (χ0n) is 15.0. The van der Waals surface area contributed by atoms with Crippen LogP contribution in [0.15, 0.2) is 36.4 Å². The summed E-state index contributed by atoms with van der Waals surface area (Å²) < 4.78 is 0. The van der Waals surface area contributed by atoms with E-state index >= 15 is 0 Å². The molecule has 4 aromatic rings. The lowest BCUT2D eigenvalue weighted by atomic mass is 9.95. The van der Waals surface area contributed by atoms with E-state index in [1.54, 1.807) is 11.3 Å². The van der Waals surface area contributed by atoms with Crippen LogP contribution in [0.5, 0.6) is 0 Å². The molecule has 1 aromatic carbocycles. The number of hydrogen-bond donors (Lipinski definition) is 2. The Hall–Kier alpha value is -2.44. The molecule has 0 atom stereocenters. The van der Waals surface area contributed by atoms with Crippen molar-refractivity contribution in [2.75, 3.05) is 5.32 Å². The molecule has 0 aliphatic heterocycles. The molecule has 0 spiro atoms. The Kier molecular flexibility index (Phi) is 4.10. The van der Waals surface area contributed by atoms with E-state index in [2.05, 4.69) is 10.3 Å². The van der Waals surface area contributed by atoms with Gasteiger partial charge in [0.05, 0.1) is 21.5 Å². The van der Waals surface area contributed by atoms with Gasteiger partial charge in [0.1, 0.15) is 10.8 Å². The second-order valence-corrected chi connectivity index (χ2v) is 9.28. The van der Waals surface area contributed by atoms with Crippen LogP contribution in [0.2, 0.25) is 0 Å². The fourth-order valence-corrected chi connectivity index (χ4v) is 5.75. The highest BCUT2D eigenvalue weighted by molar-refractivity contribution is 7.17. The molecule has 136 valence electrons. The highest BCUT2D eigenvalue weighted by atomic mass is 32.1. The minimum atomic E-state index is -0.0379. The highest BCUT2D eigenvalue weighted by Crippen LogP contribution is 2.44. The lowest BCUT2D eigenvalue weighted by Gasteiger charge is -2.11. The Morgan fingerprint density at radius 1 is 1.11 bits per heavy atom. The third-order valence-corrected chi connectivity index (χ3v) is 7.20. The number of hydrogen-bond acceptors (Lipinski definition) is 4. The van der Waals surface area contributed by atoms with E-state index in [0.717, 1.165) is 50.0 Å². The number of nitrogens with zero attached hydrogens (tertiary/aromatic N) is 1. The van der Waals surface area contributed by atoms with Crippen molar-refractivity contribution in [3.8, 4) is 11.4 Å². The van der Waals surface area contributed by atoms with Gasteiger partial charge in [-0.15, -0.1) is 22.7 Å². The summed E-state index contributed by atoms with van der Waals surface area (Å²) >= 11 is 3.23. The average molecular weight is 394 g/mol. The quantitative estimate of drug-likeness (QED) is 0.463. The molecule has 6 heteroatoms. The largest absolute Gasteiger partial charge is 0.338 e. The van der Waals surface area contributed by atoms with E-state index in [1.165, 1.54) is 34.6 Å². The number of fused-ring (bicyclic) bond motifs is 2. The number of rotatable bonds is 3. The summed E-state index contributed by atoms with van der Waals surface area (Å²) in [5, 5.41) is 4.08. The normalized spacial score (nSPS) is 13.7. The van der Waals surface area contributed by atoms with Crippen LogP contribution < -0.4 is 5.32 Å². The Morgan fingerprint density at radius 2 is 1.96 bits per heavy atom. The van der Waals surface area contributed by atoms with E-state index < -0.39 is 0 Å². The van der Waals surface area contributed by atoms with Gasteiger partial charge < -0.3 is 10.3 Å². The summed E-state index contributed by atoms with van der Waals surface area (Å²) in [6.07, 6.45) is 4.53. The molecule has 1 amide bonds. The van der Waals surface area contributed by atoms with Crippen LogP contribution >= 0.6 is 22.7 Å². The number of carbonyl (C=O) groups excluding carboxylic acids is 1. The maximum absolute atomic E-state index is 12.8. The predicted octanol–water partition coefficient (Wildman–Crippen LogP) is 5.79. The first-order chi connectivity index (χ1) is 13.2. The predicted molar refractivity (Wildman–Crippen MR) is 113 cm³/mol. The number of thiophene rings is 2. The number of benzene rings is 1. The fourth-order valence-electron chi connectivity index (χ4n) is 3.70. The van der Waals surface area contributed by atoms with Gasteiger partial charge in [0.25, 0.3) is 5.91 Å². The molecule has 4 nitrogen and oxygen atoms in total. The number of amides is 1. The summed E-state index contributed by atoms with van der Waals surface area (Å²) in [5.74, 6) is 0.817. The number of carbonyl (C=O) groups is 1. The van der Waals surface area contributed by atoms with Crippen LogP contribution in [0.4, 0.5) is 5.00 Å². The summed E-state index contributed by atoms with van der Waals surface area (Å²) in [5.41, 5.74) is 4.40. The number of anilines is 1. The minimum Gasteiger partial charge on any atom is -0.338 e. The third kappa shape index (κ3) is 2.99. The monoisotopic (exact) mass is 393 g/mol. The molecule has 0 radical (unpaired) electrons. The summed E-state index contributed by atoms with van der Waals surface area (Å²) in [6.45, 7) is 2.02. The molecule has 1 aliphatic carbocycles. The first-order valence-corrected chi connectivity index (χ1v) is 10.8. The van der Waals surface area contributed by atoms with Gasteiger partial charge in [0.15, 0.2) is 0 Å². The number of para-hydroxylation sites is 2. The van der Waals surface area contributed by atoms with Gasteiger partial charge in [-0.25, -0.2) is 4.98 Å². The number of aromatic nitrogens is 2. The van der Waals surface area contributed by atoms with Gasteiger partial charge in [-0.2, -0.15) is 0 Å². The topological polar surface area (TPSA) is 57.8 Å². The zero-order chi connectivity index (χ0) is 18.4. The molecule has 5 rings (SSSR count). The van der Waals surface area contributed by atoms with Crippen molar-refractivity contribution < 1.29 is 4.79 Å². The van der Waals surface area contributed by atoms with Crippen LogP contribution in [0.3, 0.4) is 0 Å². The van der Waals surface area contributed by atoms with E-state index in [-0.39, 0.29) is 5.91 Å². The molecule has 0 bridgehead atoms. The van der Waals surface area contributed by atoms with Gasteiger partial charge in [-0.05, 0) is 62.4 Å². The van der Waals surface area contributed by atoms with Crippen molar-refractivity contribution in [1.29, 1.82) is 0 Å². The first-order valence-electron chi connectivity index (χ1n) is 9.16. The Balaban J connectivity index is 1.60. The maximum atomic E-state index is 12.8.